The second-order valence-corrected chi connectivity index (χ2v) is 8.02. The van der Waals surface area contributed by atoms with E-state index in [-0.39, 0.29) is 0 Å². The second kappa shape index (κ2) is 7.34. The minimum atomic E-state index is -3.56. The molecule has 0 bridgehead atoms. The van der Waals surface area contributed by atoms with Crippen LogP contribution in [0.5, 0.6) is 0 Å². The number of anilines is 1. The zero-order valence-corrected chi connectivity index (χ0v) is 15.2. The van der Waals surface area contributed by atoms with Gasteiger partial charge in [0.1, 0.15) is 6.04 Å². The van der Waals surface area contributed by atoms with Gasteiger partial charge in [0.05, 0.1) is 6.26 Å². The quantitative estimate of drug-likeness (QED) is 0.883. The number of halogens is 1. The molecule has 2 aromatic rings. The fourth-order valence-electron chi connectivity index (χ4n) is 2.28. The Labute approximate surface area is 147 Å². The molecule has 0 aliphatic rings. The summed E-state index contributed by atoms with van der Waals surface area (Å²) in [5.41, 5.74) is 1.97. The van der Waals surface area contributed by atoms with Crippen molar-refractivity contribution in [2.75, 3.05) is 18.6 Å². The van der Waals surface area contributed by atoms with Crippen LogP contribution < -0.4 is 5.32 Å². The molecular formula is C17H19ClN2O3S. The third kappa shape index (κ3) is 4.35. The summed E-state index contributed by atoms with van der Waals surface area (Å²) in [6.45, 7) is 1.84. The lowest BCUT2D eigenvalue weighted by molar-refractivity contribution is -0.119. The molecule has 0 aromatic heterocycles. The standard InChI is InChI=1S/C17H19ClN2O3S/c1-12-9-10-14(18)11-15(12)19-17(21)16(20(2)24(3,22)23)13-7-5-4-6-8-13/h4-11,16H,1-3H3,(H,19,21)/t16-/m0/s1. The van der Waals surface area contributed by atoms with Crippen LogP contribution in [0.3, 0.4) is 0 Å². The van der Waals surface area contributed by atoms with Crippen LogP contribution in [0.2, 0.25) is 5.02 Å². The largest absolute Gasteiger partial charge is 0.324 e. The van der Waals surface area contributed by atoms with Crippen molar-refractivity contribution in [2.24, 2.45) is 0 Å². The van der Waals surface area contributed by atoms with E-state index in [0.717, 1.165) is 16.1 Å². The molecule has 2 aromatic carbocycles. The lowest BCUT2D eigenvalue weighted by atomic mass is 10.1. The van der Waals surface area contributed by atoms with Crippen molar-refractivity contribution in [3.05, 3.63) is 64.7 Å². The molecule has 0 aliphatic heterocycles. The first kappa shape index (κ1) is 18.4. The summed E-state index contributed by atoms with van der Waals surface area (Å²) in [6, 6.07) is 12.9. The molecule has 0 saturated carbocycles. The summed E-state index contributed by atoms with van der Waals surface area (Å²) in [7, 11) is -2.17. The van der Waals surface area contributed by atoms with Gasteiger partial charge < -0.3 is 5.32 Å². The number of hydrogen-bond donors (Lipinski definition) is 1. The Morgan fingerprint density at radius 2 is 1.79 bits per heavy atom. The van der Waals surface area contributed by atoms with Crippen molar-refractivity contribution in [1.82, 2.24) is 4.31 Å². The number of rotatable bonds is 5. The predicted octanol–water partition coefficient (Wildman–Crippen LogP) is 3.22. The Morgan fingerprint density at radius 3 is 2.38 bits per heavy atom. The Morgan fingerprint density at radius 1 is 1.17 bits per heavy atom. The molecule has 0 unspecified atom stereocenters. The summed E-state index contributed by atoms with van der Waals surface area (Å²) in [5.74, 6) is -0.445. The topological polar surface area (TPSA) is 66.5 Å². The molecule has 1 amide bonds. The minimum Gasteiger partial charge on any atom is -0.324 e. The van der Waals surface area contributed by atoms with Gasteiger partial charge in [-0.2, -0.15) is 4.31 Å². The smallest absolute Gasteiger partial charge is 0.247 e. The van der Waals surface area contributed by atoms with Gasteiger partial charge in [-0.05, 0) is 30.2 Å². The van der Waals surface area contributed by atoms with Gasteiger partial charge in [0, 0.05) is 17.8 Å². The molecule has 7 heteroatoms. The van der Waals surface area contributed by atoms with Crippen LogP contribution in [0.25, 0.3) is 0 Å². The van der Waals surface area contributed by atoms with E-state index >= 15 is 0 Å². The van der Waals surface area contributed by atoms with Crippen LogP contribution in [-0.4, -0.2) is 31.9 Å². The maximum atomic E-state index is 12.8. The zero-order chi connectivity index (χ0) is 17.9. The van der Waals surface area contributed by atoms with Gasteiger partial charge in [0.25, 0.3) is 0 Å². The van der Waals surface area contributed by atoms with E-state index in [1.807, 2.05) is 6.92 Å². The van der Waals surface area contributed by atoms with Crippen molar-refractivity contribution in [2.45, 2.75) is 13.0 Å². The van der Waals surface area contributed by atoms with Crippen LogP contribution >= 0.6 is 11.6 Å². The number of amides is 1. The van der Waals surface area contributed by atoms with Gasteiger partial charge in [-0.3, -0.25) is 4.79 Å². The van der Waals surface area contributed by atoms with Gasteiger partial charge >= 0.3 is 0 Å². The molecule has 0 fully saturated rings. The van der Waals surface area contributed by atoms with Gasteiger partial charge in [-0.1, -0.05) is 48.0 Å². The highest BCUT2D eigenvalue weighted by molar-refractivity contribution is 7.88. The number of hydrogen-bond acceptors (Lipinski definition) is 3. The maximum Gasteiger partial charge on any atom is 0.247 e. The number of likely N-dealkylation sites (N-methyl/N-ethyl adjacent to an activating group) is 1. The third-order valence-electron chi connectivity index (χ3n) is 3.71. The van der Waals surface area contributed by atoms with Crippen LogP contribution in [0, 0.1) is 6.92 Å². The second-order valence-electron chi connectivity index (χ2n) is 5.54. The number of carbonyl (C=O) groups is 1. The number of nitrogens with zero attached hydrogens (tertiary/aromatic N) is 1. The molecule has 0 spiro atoms. The number of nitrogens with one attached hydrogen (secondary N) is 1. The monoisotopic (exact) mass is 366 g/mol. The summed E-state index contributed by atoms with van der Waals surface area (Å²) >= 11 is 5.97. The van der Waals surface area contributed by atoms with E-state index in [2.05, 4.69) is 5.32 Å². The molecule has 0 radical (unpaired) electrons. The van der Waals surface area contributed by atoms with Crippen LogP contribution in [-0.2, 0) is 14.8 Å². The summed E-state index contributed by atoms with van der Waals surface area (Å²) < 4.78 is 25.0. The van der Waals surface area contributed by atoms with Crippen molar-refractivity contribution >= 4 is 33.2 Å². The maximum absolute atomic E-state index is 12.8. The highest BCUT2D eigenvalue weighted by atomic mass is 35.5. The van der Waals surface area contributed by atoms with Crippen molar-refractivity contribution in [3.8, 4) is 0 Å². The Balaban J connectivity index is 2.40. The Bertz CT molecular complexity index is 838. The highest BCUT2D eigenvalue weighted by Crippen LogP contribution is 2.26. The van der Waals surface area contributed by atoms with E-state index in [1.165, 1.54) is 7.05 Å². The normalized spacial score (nSPS) is 12.9. The molecule has 128 valence electrons. The fourth-order valence-corrected chi connectivity index (χ4v) is 3.06. The lowest BCUT2D eigenvalue weighted by Crippen LogP contribution is -2.38. The van der Waals surface area contributed by atoms with Crippen molar-refractivity contribution in [3.63, 3.8) is 0 Å². The predicted molar refractivity (Wildman–Crippen MR) is 96.6 cm³/mol. The molecule has 0 heterocycles. The van der Waals surface area contributed by atoms with E-state index in [0.29, 0.717) is 16.3 Å². The average molecular weight is 367 g/mol. The molecule has 1 N–H and O–H groups in total. The van der Waals surface area contributed by atoms with E-state index in [9.17, 15) is 13.2 Å². The highest BCUT2D eigenvalue weighted by Gasteiger charge is 2.30. The molecule has 2 rings (SSSR count). The molecular weight excluding hydrogens is 348 g/mol. The van der Waals surface area contributed by atoms with Crippen LogP contribution in [0.1, 0.15) is 17.2 Å². The molecule has 5 nitrogen and oxygen atoms in total. The summed E-state index contributed by atoms with van der Waals surface area (Å²) in [5, 5.41) is 3.26. The number of aryl methyl sites for hydroxylation is 1. The van der Waals surface area contributed by atoms with Crippen molar-refractivity contribution < 1.29 is 13.2 Å². The van der Waals surface area contributed by atoms with Crippen LogP contribution in [0.15, 0.2) is 48.5 Å². The van der Waals surface area contributed by atoms with E-state index in [1.54, 1.807) is 48.5 Å². The van der Waals surface area contributed by atoms with E-state index < -0.39 is 22.0 Å². The lowest BCUT2D eigenvalue weighted by Gasteiger charge is -2.26. The SMILES string of the molecule is Cc1ccc(Cl)cc1NC(=O)[C@H](c1ccccc1)N(C)S(C)(=O)=O. The first-order valence-electron chi connectivity index (χ1n) is 7.25. The molecule has 1 atom stereocenters. The Hall–Kier alpha value is -1.89. The molecule has 24 heavy (non-hydrogen) atoms. The van der Waals surface area contributed by atoms with Crippen molar-refractivity contribution in [1.29, 1.82) is 0 Å². The average Bonchev–Trinajstić information content (AvgIpc) is 2.51. The Kier molecular flexibility index (Phi) is 5.64. The third-order valence-corrected chi connectivity index (χ3v) is 5.20. The minimum absolute atomic E-state index is 0.445. The first-order valence-corrected chi connectivity index (χ1v) is 9.48. The van der Waals surface area contributed by atoms with Gasteiger partial charge in [0.15, 0.2) is 0 Å². The van der Waals surface area contributed by atoms with Gasteiger partial charge in [-0.25, -0.2) is 8.42 Å². The number of benzene rings is 2. The number of sulfonamides is 1. The van der Waals surface area contributed by atoms with Crippen LogP contribution in [0.4, 0.5) is 5.69 Å². The summed E-state index contributed by atoms with van der Waals surface area (Å²) in [4.78, 5) is 12.8. The number of carbonyl (C=O) groups excluding carboxylic acids is 1. The van der Waals surface area contributed by atoms with Gasteiger partial charge in [-0.15, -0.1) is 0 Å². The molecule has 0 aliphatic carbocycles. The first-order chi connectivity index (χ1) is 11.2. The zero-order valence-electron chi connectivity index (χ0n) is 13.7. The summed E-state index contributed by atoms with van der Waals surface area (Å²) in [6.07, 6.45) is 1.07. The van der Waals surface area contributed by atoms with Gasteiger partial charge in [0.2, 0.25) is 15.9 Å². The molecule has 0 saturated heterocycles. The van der Waals surface area contributed by atoms with E-state index in [4.69, 9.17) is 11.6 Å². The fraction of sp³-hybridized carbons (Fsp3) is 0.235.